The summed E-state index contributed by atoms with van der Waals surface area (Å²) in [7, 11) is 1.62. The number of fused-ring (bicyclic) bond motifs is 1. The molecule has 0 amide bonds. The molecule has 0 atom stereocenters. The quantitative estimate of drug-likeness (QED) is 0.488. The van der Waals surface area contributed by atoms with Gasteiger partial charge in [0.05, 0.1) is 30.5 Å². The molecule has 29 heavy (non-hydrogen) atoms. The van der Waals surface area contributed by atoms with Crippen LogP contribution in [0.4, 0.5) is 5.69 Å². The smallest absolute Gasteiger partial charge is 0.376 e. The predicted molar refractivity (Wildman–Crippen MR) is 112 cm³/mol. The molecule has 4 aromatic rings. The molecule has 0 radical (unpaired) electrons. The van der Waals surface area contributed by atoms with Gasteiger partial charge in [-0.3, -0.25) is 0 Å². The Hall–Kier alpha value is -3.80. The second-order valence-corrected chi connectivity index (χ2v) is 6.40. The number of benzene rings is 2. The molecule has 2 heterocycles. The van der Waals surface area contributed by atoms with Gasteiger partial charge >= 0.3 is 5.97 Å². The zero-order chi connectivity index (χ0) is 20.4. The number of carbonyl (C=O) groups excluding carboxylic acids is 1. The Morgan fingerprint density at radius 3 is 2.45 bits per heavy atom. The zero-order valence-electron chi connectivity index (χ0n) is 16.1. The molecule has 6 heteroatoms. The van der Waals surface area contributed by atoms with Gasteiger partial charge in [-0.2, -0.15) is 0 Å². The molecular weight excluding hydrogens is 368 g/mol. The van der Waals surface area contributed by atoms with Crippen molar-refractivity contribution in [3.63, 3.8) is 0 Å². The number of rotatable bonds is 5. The minimum Gasteiger partial charge on any atom is -0.497 e. The fourth-order valence-corrected chi connectivity index (χ4v) is 3.22. The van der Waals surface area contributed by atoms with E-state index < -0.39 is 5.97 Å². The van der Waals surface area contributed by atoms with Crippen molar-refractivity contribution >= 4 is 22.8 Å². The molecule has 2 N–H and O–H groups in total. The Labute approximate surface area is 167 Å². The average molecular weight is 388 g/mol. The molecule has 146 valence electrons. The lowest BCUT2D eigenvalue weighted by atomic mass is 9.99. The summed E-state index contributed by atoms with van der Waals surface area (Å²) >= 11 is 0. The maximum Gasteiger partial charge on any atom is 0.376 e. The fraction of sp³-hybridized carbons (Fsp3) is 0.130. The highest BCUT2D eigenvalue weighted by Crippen LogP contribution is 2.38. The maximum absolute atomic E-state index is 12.3. The molecule has 0 unspecified atom stereocenters. The minimum absolute atomic E-state index is 0.0292. The fourth-order valence-electron chi connectivity index (χ4n) is 3.22. The number of hydrogen-bond donors (Lipinski definition) is 1. The molecule has 0 spiro atoms. The lowest BCUT2D eigenvalue weighted by Crippen LogP contribution is -2.05. The average Bonchev–Trinajstić information content (AvgIpc) is 3.10. The van der Waals surface area contributed by atoms with Crippen molar-refractivity contribution in [1.82, 2.24) is 4.98 Å². The Morgan fingerprint density at radius 2 is 1.79 bits per heavy atom. The van der Waals surface area contributed by atoms with Crippen molar-refractivity contribution in [1.29, 1.82) is 0 Å². The standard InChI is InChI=1S/C23H20N2O4/c1-3-28-23(26)21-20(24)19-17(14-7-5-4-6-8-14)13-18(25-22(19)29-21)15-9-11-16(27-2)12-10-15/h4-13H,3,24H2,1-2H3. The lowest BCUT2D eigenvalue weighted by Gasteiger charge is -2.08. The van der Waals surface area contributed by atoms with E-state index in [2.05, 4.69) is 4.98 Å². The number of nitrogen functional groups attached to an aromatic ring is 1. The third-order valence-corrected chi connectivity index (χ3v) is 4.63. The number of aromatic nitrogens is 1. The highest BCUT2D eigenvalue weighted by Gasteiger charge is 2.24. The molecule has 6 nitrogen and oxygen atoms in total. The largest absolute Gasteiger partial charge is 0.497 e. The molecule has 2 aromatic heterocycles. The van der Waals surface area contributed by atoms with Crippen LogP contribution in [-0.4, -0.2) is 24.7 Å². The van der Waals surface area contributed by atoms with E-state index in [0.29, 0.717) is 11.1 Å². The first-order valence-corrected chi connectivity index (χ1v) is 9.22. The van der Waals surface area contributed by atoms with Crippen LogP contribution < -0.4 is 10.5 Å². The summed E-state index contributed by atoms with van der Waals surface area (Å²) in [6.45, 7) is 1.96. The monoisotopic (exact) mass is 388 g/mol. The van der Waals surface area contributed by atoms with Crippen LogP contribution in [0.3, 0.4) is 0 Å². The van der Waals surface area contributed by atoms with E-state index >= 15 is 0 Å². The third kappa shape index (κ3) is 3.40. The van der Waals surface area contributed by atoms with E-state index in [4.69, 9.17) is 19.6 Å². The van der Waals surface area contributed by atoms with Crippen molar-refractivity contribution in [3.8, 4) is 28.1 Å². The molecule has 0 aliphatic rings. The predicted octanol–water partition coefficient (Wildman–Crippen LogP) is 4.93. The second-order valence-electron chi connectivity index (χ2n) is 6.40. The lowest BCUT2D eigenvalue weighted by molar-refractivity contribution is 0.0494. The zero-order valence-corrected chi connectivity index (χ0v) is 16.1. The van der Waals surface area contributed by atoms with E-state index in [9.17, 15) is 4.79 Å². The molecule has 0 aliphatic carbocycles. The highest BCUT2D eigenvalue weighted by atomic mass is 16.5. The Bertz CT molecular complexity index is 1170. The number of nitrogens with zero attached hydrogens (tertiary/aromatic N) is 1. The summed E-state index contributed by atoms with van der Waals surface area (Å²) in [6, 6.07) is 19.3. The van der Waals surface area contributed by atoms with Gasteiger partial charge in [-0.15, -0.1) is 0 Å². The first kappa shape index (κ1) is 18.6. The first-order valence-electron chi connectivity index (χ1n) is 9.22. The van der Waals surface area contributed by atoms with Gasteiger partial charge in [-0.05, 0) is 48.4 Å². The number of ether oxygens (including phenoxy) is 2. The van der Waals surface area contributed by atoms with Crippen molar-refractivity contribution in [3.05, 3.63) is 66.4 Å². The molecular formula is C23H20N2O4. The van der Waals surface area contributed by atoms with Crippen LogP contribution in [0.15, 0.2) is 65.1 Å². The SMILES string of the molecule is CCOC(=O)c1oc2nc(-c3ccc(OC)cc3)cc(-c3ccccc3)c2c1N. The van der Waals surface area contributed by atoms with Crippen LogP contribution in [0, 0.1) is 0 Å². The number of furan rings is 1. The Balaban J connectivity index is 1.96. The number of carbonyl (C=O) groups is 1. The van der Waals surface area contributed by atoms with E-state index in [-0.39, 0.29) is 23.8 Å². The third-order valence-electron chi connectivity index (χ3n) is 4.63. The van der Waals surface area contributed by atoms with Gasteiger partial charge in [0.25, 0.3) is 0 Å². The van der Waals surface area contributed by atoms with Crippen molar-refractivity contribution in [2.24, 2.45) is 0 Å². The van der Waals surface area contributed by atoms with E-state index in [1.807, 2.05) is 60.7 Å². The number of methoxy groups -OCH3 is 1. The first-order chi connectivity index (χ1) is 14.1. The minimum atomic E-state index is -0.604. The van der Waals surface area contributed by atoms with E-state index in [0.717, 1.165) is 22.4 Å². The van der Waals surface area contributed by atoms with Crippen molar-refractivity contribution < 1.29 is 18.7 Å². The van der Waals surface area contributed by atoms with Crippen LogP contribution in [0.2, 0.25) is 0 Å². The molecule has 0 saturated carbocycles. The summed E-state index contributed by atoms with van der Waals surface area (Å²) in [4.78, 5) is 16.9. The van der Waals surface area contributed by atoms with Crippen LogP contribution in [-0.2, 0) is 4.74 Å². The van der Waals surface area contributed by atoms with Crippen LogP contribution >= 0.6 is 0 Å². The van der Waals surface area contributed by atoms with Gasteiger partial charge in [0, 0.05) is 5.56 Å². The summed E-state index contributed by atoms with van der Waals surface area (Å²) in [5.74, 6) is 0.122. The molecule has 0 aliphatic heterocycles. The number of pyridine rings is 1. The van der Waals surface area contributed by atoms with Gasteiger partial charge < -0.3 is 19.6 Å². The Kier molecular flexibility index (Phi) is 4.91. The van der Waals surface area contributed by atoms with Gasteiger partial charge in [0.1, 0.15) is 5.75 Å². The van der Waals surface area contributed by atoms with Crippen LogP contribution in [0.5, 0.6) is 5.75 Å². The molecule has 0 bridgehead atoms. The van der Waals surface area contributed by atoms with Gasteiger partial charge in [-0.1, -0.05) is 30.3 Å². The van der Waals surface area contributed by atoms with Gasteiger partial charge in [0.15, 0.2) is 0 Å². The number of anilines is 1. The topological polar surface area (TPSA) is 87.6 Å². The Morgan fingerprint density at radius 1 is 1.07 bits per heavy atom. The molecule has 4 rings (SSSR count). The summed E-state index contributed by atoms with van der Waals surface area (Å²) < 4.78 is 16.0. The summed E-state index contributed by atoms with van der Waals surface area (Å²) in [5, 5.41) is 0.594. The van der Waals surface area contributed by atoms with Crippen LogP contribution in [0.25, 0.3) is 33.5 Å². The number of nitrogens with two attached hydrogens (primary N) is 1. The highest BCUT2D eigenvalue weighted by molar-refractivity contribution is 6.09. The van der Waals surface area contributed by atoms with Crippen molar-refractivity contribution in [2.75, 3.05) is 19.5 Å². The molecule has 0 saturated heterocycles. The summed E-state index contributed by atoms with van der Waals surface area (Å²) in [5.41, 5.74) is 10.2. The number of hydrogen-bond acceptors (Lipinski definition) is 6. The normalized spacial score (nSPS) is 10.8. The maximum atomic E-state index is 12.3. The van der Waals surface area contributed by atoms with Crippen molar-refractivity contribution in [2.45, 2.75) is 6.92 Å². The molecule has 0 fully saturated rings. The van der Waals surface area contributed by atoms with E-state index in [1.54, 1.807) is 14.0 Å². The molecule has 2 aromatic carbocycles. The van der Waals surface area contributed by atoms with Gasteiger partial charge in [-0.25, -0.2) is 9.78 Å². The van der Waals surface area contributed by atoms with Crippen LogP contribution in [0.1, 0.15) is 17.5 Å². The van der Waals surface area contributed by atoms with Gasteiger partial charge in [0.2, 0.25) is 11.5 Å². The van der Waals surface area contributed by atoms with E-state index in [1.165, 1.54) is 0 Å². The number of esters is 1. The second kappa shape index (κ2) is 7.67. The summed E-state index contributed by atoms with van der Waals surface area (Å²) in [6.07, 6.45) is 0.